The van der Waals surface area contributed by atoms with Gasteiger partial charge in [0.25, 0.3) is 0 Å². The van der Waals surface area contributed by atoms with Crippen LogP contribution in [0.3, 0.4) is 0 Å². The Labute approximate surface area is 108 Å². The number of carbonyl (C=O) groups excluding carboxylic acids is 2. The highest BCUT2D eigenvalue weighted by molar-refractivity contribution is 5.94. The van der Waals surface area contributed by atoms with Gasteiger partial charge in [-0.2, -0.15) is 0 Å². The van der Waals surface area contributed by atoms with Gasteiger partial charge in [0, 0.05) is 6.54 Å². The van der Waals surface area contributed by atoms with E-state index < -0.39 is 17.8 Å². The molecule has 0 aromatic rings. The van der Waals surface area contributed by atoms with Crippen LogP contribution in [-0.2, 0) is 14.3 Å². The number of amides is 1. The maximum atomic E-state index is 11.9. The molecule has 5 heteroatoms. The van der Waals surface area contributed by atoms with Gasteiger partial charge in [0.2, 0.25) is 0 Å². The van der Waals surface area contributed by atoms with E-state index in [0.717, 1.165) is 0 Å². The second-order valence-electron chi connectivity index (χ2n) is 5.19. The molecule has 5 nitrogen and oxygen atoms in total. The summed E-state index contributed by atoms with van der Waals surface area (Å²) in [5.41, 5.74) is -0.530. The second-order valence-corrected chi connectivity index (χ2v) is 5.19. The Hall–Kier alpha value is -1.36. The van der Waals surface area contributed by atoms with Gasteiger partial charge in [0.1, 0.15) is 11.7 Å². The molecule has 1 saturated heterocycles. The van der Waals surface area contributed by atoms with Crippen molar-refractivity contribution in [3.63, 3.8) is 0 Å². The molecule has 1 heterocycles. The molecule has 18 heavy (non-hydrogen) atoms. The monoisotopic (exact) mass is 255 g/mol. The summed E-state index contributed by atoms with van der Waals surface area (Å²) in [6.07, 6.45) is 2.15. The topological polar surface area (TPSA) is 55.8 Å². The molecule has 0 bridgehead atoms. The average Bonchev–Trinajstić information content (AvgIpc) is 2.27. The first-order valence-corrected chi connectivity index (χ1v) is 6.09. The summed E-state index contributed by atoms with van der Waals surface area (Å²) in [4.78, 5) is 25.0. The zero-order chi connectivity index (χ0) is 13.8. The van der Waals surface area contributed by atoms with Crippen molar-refractivity contribution < 1.29 is 19.1 Å². The minimum absolute atomic E-state index is 0.120. The largest absolute Gasteiger partial charge is 0.444 e. The first kappa shape index (κ1) is 14.7. The maximum absolute atomic E-state index is 11.9. The maximum Gasteiger partial charge on any atom is 0.410 e. The molecule has 1 atom stereocenters. The second kappa shape index (κ2) is 6.00. The normalized spacial score (nSPS) is 21.1. The van der Waals surface area contributed by atoms with Gasteiger partial charge < -0.3 is 14.4 Å². The fraction of sp³-hybridized carbons (Fsp3) is 0.692. The van der Waals surface area contributed by atoms with Crippen LogP contribution in [0, 0.1) is 0 Å². The van der Waals surface area contributed by atoms with Gasteiger partial charge in [-0.15, -0.1) is 0 Å². The van der Waals surface area contributed by atoms with Crippen molar-refractivity contribution in [2.24, 2.45) is 0 Å². The van der Waals surface area contributed by atoms with E-state index >= 15 is 0 Å². The lowest BCUT2D eigenvalue weighted by Crippen LogP contribution is -2.49. The van der Waals surface area contributed by atoms with Crippen molar-refractivity contribution in [3.8, 4) is 0 Å². The lowest BCUT2D eigenvalue weighted by atomic mass is 10.2. The zero-order valence-corrected chi connectivity index (χ0v) is 11.4. The summed E-state index contributed by atoms with van der Waals surface area (Å²) in [7, 11) is 0. The Bertz CT molecular complexity index is 343. The SMILES string of the molecule is C/C=C/C(=O)C1CN(C(=O)OC(C)(C)C)CCO1. The molecule has 0 radical (unpaired) electrons. The van der Waals surface area contributed by atoms with E-state index in [1.165, 1.54) is 11.0 Å². The van der Waals surface area contributed by atoms with Gasteiger partial charge >= 0.3 is 6.09 Å². The molecule has 0 saturated carbocycles. The van der Waals surface area contributed by atoms with Crippen LogP contribution in [0.1, 0.15) is 27.7 Å². The Morgan fingerprint density at radius 3 is 2.61 bits per heavy atom. The molecular formula is C13H21NO4. The van der Waals surface area contributed by atoms with Gasteiger partial charge in [0.05, 0.1) is 13.2 Å². The molecule has 0 N–H and O–H groups in total. The third kappa shape index (κ3) is 4.49. The van der Waals surface area contributed by atoms with Gasteiger partial charge in [-0.3, -0.25) is 4.79 Å². The minimum atomic E-state index is -0.581. The summed E-state index contributed by atoms with van der Waals surface area (Å²) in [6.45, 7) is 8.27. The summed E-state index contributed by atoms with van der Waals surface area (Å²) < 4.78 is 10.6. The van der Waals surface area contributed by atoms with Crippen molar-refractivity contribution in [1.82, 2.24) is 4.90 Å². The van der Waals surface area contributed by atoms with Crippen LogP contribution in [0.25, 0.3) is 0 Å². The smallest absolute Gasteiger partial charge is 0.410 e. The number of carbonyl (C=O) groups is 2. The minimum Gasteiger partial charge on any atom is -0.444 e. The first-order chi connectivity index (χ1) is 8.33. The molecule has 0 aliphatic carbocycles. The standard InChI is InChI=1S/C13H21NO4/c1-5-6-10(15)11-9-14(7-8-17-11)12(16)18-13(2,3)4/h5-6,11H,7-9H2,1-4H3/b6-5+. The molecule has 1 rings (SSSR count). The fourth-order valence-corrected chi connectivity index (χ4v) is 1.59. The van der Waals surface area contributed by atoms with Gasteiger partial charge in [-0.1, -0.05) is 6.08 Å². The molecule has 102 valence electrons. The van der Waals surface area contributed by atoms with Crippen molar-refractivity contribution in [2.45, 2.75) is 39.4 Å². The molecule has 1 aliphatic rings. The van der Waals surface area contributed by atoms with Gasteiger partial charge in [0.15, 0.2) is 5.78 Å². The highest BCUT2D eigenvalue weighted by Crippen LogP contribution is 2.13. The van der Waals surface area contributed by atoms with E-state index in [1.807, 2.05) is 20.8 Å². The molecular weight excluding hydrogens is 234 g/mol. The van der Waals surface area contributed by atoms with Crippen LogP contribution >= 0.6 is 0 Å². The third-order valence-electron chi connectivity index (χ3n) is 2.37. The van der Waals surface area contributed by atoms with Crippen LogP contribution in [0.5, 0.6) is 0 Å². The van der Waals surface area contributed by atoms with Crippen molar-refractivity contribution in [1.29, 1.82) is 0 Å². The summed E-state index contributed by atoms with van der Waals surface area (Å²) in [5.74, 6) is -0.120. The molecule has 1 unspecified atom stereocenters. The van der Waals surface area contributed by atoms with E-state index in [4.69, 9.17) is 9.47 Å². The predicted molar refractivity (Wildman–Crippen MR) is 67.4 cm³/mol. The van der Waals surface area contributed by atoms with E-state index in [0.29, 0.717) is 13.2 Å². The summed E-state index contributed by atoms with van der Waals surface area (Å²) in [6, 6.07) is 0. The lowest BCUT2D eigenvalue weighted by Gasteiger charge is -2.33. The van der Waals surface area contributed by atoms with Crippen molar-refractivity contribution >= 4 is 11.9 Å². The van der Waals surface area contributed by atoms with Crippen LogP contribution in [0.15, 0.2) is 12.2 Å². The average molecular weight is 255 g/mol. The Morgan fingerprint density at radius 2 is 2.06 bits per heavy atom. The van der Waals surface area contributed by atoms with Crippen molar-refractivity contribution in [3.05, 3.63) is 12.2 Å². The number of allylic oxidation sites excluding steroid dienone is 1. The summed E-state index contributed by atoms with van der Waals surface area (Å²) >= 11 is 0. The van der Waals surface area contributed by atoms with Crippen LogP contribution in [0.4, 0.5) is 4.79 Å². The zero-order valence-electron chi connectivity index (χ0n) is 11.4. The number of nitrogens with zero attached hydrogens (tertiary/aromatic N) is 1. The molecule has 0 aromatic carbocycles. The van der Waals surface area contributed by atoms with Crippen molar-refractivity contribution in [2.75, 3.05) is 19.7 Å². The predicted octanol–water partition coefficient (Wildman–Crippen LogP) is 1.77. The van der Waals surface area contributed by atoms with E-state index in [-0.39, 0.29) is 12.3 Å². The van der Waals surface area contributed by atoms with Crippen LogP contribution < -0.4 is 0 Å². The highest BCUT2D eigenvalue weighted by atomic mass is 16.6. The Kier molecular flexibility index (Phi) is 4.90. The summed E-state index contributed by atoms with van der Waals surface area (Å²) in [5, 5.41) is 0. The number of ketones is 1. The molecule has 1 aliphatic heterocycles. The molecule has 0 aromatic heterocycles. The van der Waals surface area contributed by atoms with E-state index in [1.54, 1.807) is 13.0 Å². The molecule has 0 spiro atoms. The number of ether oxygens (including phenoxy) is 2. The number of rotatable bonds is 2. The number of hydrogen-bond acceptors (Lipinski definition) is 4. The van der Waals surface area contributed by atoms with Crippen LogP contribution in [0.2, 0.25) is 0 Å². The first-order valence-electron chi connectivity index (χ1n) is 6.09. The number of morpholine rings is 1. The van der Waals surface area contributed by atoms with E-state index in [9.17, 15) is 9.59 Å². The van der Waals surface area contributed by atoms with Crippen LogP contribution in [-0.4, -0.2) is 48.2 Å². The molecule has 1 fully saturated rings. The Balaban J connectivity index is 2.58. The molecule has 1 amide bonds. The van der Waals surface area contributed by atoms with Gasteiger partial charge in [-0.25, -0.2) is 4.79 Å². The van der Waals surface area contributed by atoms with Gasteiger partial charge in [-0.05, 0) is 33.8 Å². The Morgan fingerprint density at radius 1 is 1.39 bits per heavy atom. The van der Waals surface area contributed by atoms with E-state index in [2.05, 4.69) is 0 Å². The number of hydrogen-bond donors (Lipinski definition) is 0. The fourth-order valence-electron chi connectivity index (χ4n) is 1.59. The highest BCUT2D eigenvalue weighted by Gasteiger charge is 2.30. The third-order valence-corrected chi connectivity index (χ3v) is 2.37. The quantitative estimate of drug-likeness (QED) is 0.706. The lowest BCUT2D eigenvalue weighted by molar-refractivity contribution is -0.130.